The van der Waals surface area contributed by atoms with Crippen molar-refractivity contribution in [3.05, 3.63) is 75.8 Å². The maximum absolute atomic E-state index is 13.6. The first kappa shape index (κ1) is 21.0. The van der Waals surface area contributed by atoms with Crippen LogP contribution in [0.5, 0.6) is 0 Å². The molecule has 0 atom stereocenters. The first-order valence-corrected chi connectivity index (χ1v) is 13.2. The number of fused-ring (bicyclic) bond motifs is 2. The van der Waals surface area contributed by atoms with E-state index in [4.69, 9.17) is 4.74 Å². The van der Waals surface area contributed by atoms with Crippen LogP contribution in [-0.4, -0.2) is 51.4 Å². The van der Waals surface area contributed by atoms with Crippen molar-refractivity contribution in [3.63, 3.8) is 0 Å². The molecule has 4 aliphatic rings. The predicted molar refractivity (Wildman–Crippen MR) is 134 cm³/mol. The van der Waals surface area contributed by atoms with Crippen LogP contribution < -0.4 is 0 Å². The summed E-state index contributed by atoms with van der Waals surface area (Å²) in [4.78, 5) is 41.2. The number of carbonyl (C=O) groups is 3. The monoisotopic (exact) mass is 484 g/mol. The van der Waals surface area contributed by atoms with Crippen molar-refractivity contribution in [2.24, 2.45) is 0 Å². The van der Waals surface area contributed by atoms with Gasteiger partial charge in [0, 0.05) is 60.9 Å². The normalized spacial score (nSPS) is 20.6. The third kappa shape index (κ3) is 3.07. The average Bonchev–Trinajstić information content (AvgIpc) is 3.28. The zero-order chi connectivity index (χ0) is 23.7. The summed E-state index contributed by atoms with van der Waals surface area (Å²) in [6.07, 6.45) is 5.58. The number of benzene rings is 2. The molecule has 7 rings (SSSR count). The van der Waals surface area contributed by atoms with Gasteiger partial charge in [0.2, 0.25) is 11.6 Å². The number of thioether (sulfide) groups is 1. The number of hydrogen-bond acceptors (Lipinski definition) is 5. The van der Waals surface area contributed by atoms with E-state index in [1.54, 1.807) is 12.1 Å². The number of rotatable bonds is 1. The van der Waals surface area contributed by atoms with Crippen LogP contribution >= 0.6 is 11.8 Å². The second kappa shape index (κ2) is 7.59. The van der Waals surface area contributed by atoms with Crippen molar-refractivity contribution in [3.8, 4) is 0 Å². The van der Waals surface area contributed by atoms with Gasteiger partial charge in [-0.3, -0.25) is 14.4 Å². The number of Topliss-reactive ketones (excluding diaryl/α,β-unsaturated/α-hetero) is 2. The van der Waals surface area contributed by atoms with Crippen LogP contribution in [-0.2, 0) is 22.5 Å². The Labute approximate surface area is 206 Å². The molecule has 176 valence electrons. The van der Waals surface area contributed by atoms with Gasteiger partial charge in [0.05, 0.1) is 11.1 Å². The Morgan fingerprint density at radius 1 is 0.943 bits per heavy atom. The van der Waals surface area contributed by atoms with Crippen molar-refractivity contribution < 1.29 is 19.1 Å². The van der Waals surface area contributed by atoms with Gasteiger partial charge in [0.25, 0.3) is 5.91 Å². The van der Waals surface area contributed by atoms with Crippen LogP contribution in [0, 0.1) is 0 Å². The third-order valence-electron chi connectivity index (χ3n) is 7.85. The molecule has 2 aromatic carbocycles. The molecule has 7 heteroatoms. The molecule has 1 saturated heterocycles. The third-order valence-corrected chi connectivity index (χ3v) is 9.18. The van der Waals surface area contributed by atoms with Gasteiger partial charge in [0.1, 0.15) is 16.3 Å². The smallest absolute Gasteiger partial charge is 0.256 e. The SMILES string of the molecule is O=C1C(=O)c2ccccc2C2=C1SCC1(CCN(C(=O)c3cn4c5c(cccc35)CCC4)CC1)O2. The van der Waals surface area contributed by atoms with Crippen molar-refractivity contribution in [1.29, 1.82) is 0 Å². The lowest BCUT2D eigenvalue weighted by Gasteiger charge is -2.45. The summed E-state index contributed by atoms with van der Waals surface area (Å²) in [6, 6.07) is 13.5. The van der Waals surface area contributed by atoms with Crippen LogP contribution in [0.25, 0.3) is 16.7 Å². The molecular formula is C28H24N2O4S. The Bertz CT molecular complexity index is 1480. The van der Waals surface area contributed by atoms with Crippen LogP contribution in [0.1, 0.15) is 51.1 Å². The van der Waals surface area contributed by atoms with Gasteiger partial charge in [0.15, 0.2) is 0 Å². The lowest BCUT2D eigenvalue weighted by molar-refractivity contribution is -0.111. The first-order chi connectivity index (χ1) is 17.0. The van der Waals surface area contributed by atoms with Crippen molar-refractivity contribution in [2.75, 3.05) is 18.8 Å². The number of aryl methyl sites for hydroxylation is 2. The quantitative estimate of drug-likeness (QED) is 0.477. The molecule has 1 spiro atoms. The number of para-hydroxylation sites is 1. The fraction of sp³-hybridized carbons (Fsp3) is 0.321. The minimum Gasteiger partial charge on any atom is -0.484 e. The highest BCUT2D eigenvalue weighted by Crippen LogP contribution is 2.47. The van der Waals surface area contributed by atoms with Gasteiger partial charge in [-0.15, -0.1) is 11.8 Å². The highest BCUT2D eigenvalue weighted by molar-refractivity contribution is 8.04. The maximum atomic E-state index is 13.6. The van der Waals surface area contributed by atoms with E-state index in [0.29, 0.717) is 53.5 Å². The topological polar surface area (TPSA) is 68.6 Å². The number of amides is 1. The van der Waals surface area contributed by atoms with Crippen LogP contribution in [0.2, 0.25) is 0 Å². The van der Waals surface area contributed by atoms with Gasteiger partial charge < -0.3 is 14.2 Å². The molecule has 1 aliphatic carbocycles. The van der Waals surface area contributed by atoms with Gasteiger partial charge in [-0.2, -0.15) is 0 Å². The summed E-state index contributed by atoms with van der Waals surface area (Å²) >= 11 is 1.43. The second-order valence-corrected chi connectivity index (χ2v) is 10.9. The predicted octanol–water partition coefficient (Wildman–Crippen LogP) is 4.46. The van der Waals surface area contributed by atoms with E-state index in [0.717, 1.165) is 30.3 Å². The van der Waals surface area contributed by atoms with Crippen LogP contribution in [0.15, 0.2) is 53.6 Å². The van der Waals surface area contributed by atoms with E-state index in [9.17, 15) is 14.4 Å². The van der Waals surface area contributed by atoms with Crippen molar-refractivity contribution >= 4 is 45.9 Å². The molecule has 0 bridgehead atoms. The minimum absolute atomic E-state index is 0.0785. The lowest BCUT2D eigenvalue weighted by atomic mass is 9.89. The molecule has 1 aromatic heterocycles. The number of aromatic nitrogens is 1. The molecular weight excluding hydrogens is 460 g/mol. The molecule has 3 aromatic rings. The molecule has 4 heterocycles. The first-order valence-electron chi connectivity index (χ1n) is 12.2. The lowest BCUT2D eigenvalue weighted by Crippen LogP contribution is -2.50. The number of allylic oxidation sites excluding steroid dienone is 1. The van der Waals surface area contributed by atoms with Crippen LogP contribution in [0.3, 0.4) is 0 Å². The minimum atomic E-state index is -0.473. The Hall–Kier alpha value is -3.32. The molecule has 35 heavy (non-hydrogen) atoms. The summed E-state index contributed by atoms with van der Waals surface area (Å²) in [5.74, 6) is 0.292. The Balaban J connectivity index is 1.14. The van der Waals surface area contributed by atoms with Gasteiger partial charge in [-0.05, 0) is 18.4 Å². The van der Waals surface area contributed by atoms with Gasteiger partial charge in [-0.25, -0.2) is 0 Å². The average molecular weight is 485 g/mol. The summed E-state index contributed by atoms with van der Waals surface area (Å²) < 4.78 is 8.79. The van der Waals surface area contributed by atoms with Crippen molar-refractivity contribution in [1.82, 2.24) is 9.47 Å². The molecule has 0 N–H and O–H groups in total. The summed E-state index contributed by atoms with van der Waals surface area (Å²) in [7, 11) is 0. The number of likely N-dealkylation sites (tertiary alicyclic amines) is 1. The fourth-order valence-corrected chi connectivity index (χ4v) is 7.23. The fourth-order valence-electron chi connectivity index (χ4n) is 5.97. The molecule has 0 unspecified atom stereocenters. The Morgan fingerprint density at radius 3 is 2.57 bits per heavy atom. The van der Waals surface area contributed by atoms with Gasteiger partial charge >= 0.3 is 0 Å². The number of ether oxygens (including phenoxy) is 1. The Kier molecular flexibility index (Phi) is 4.55. The van der Waals surface area contributed by atoms with Crippen molar-refractivity contribution in [2.45, 2.75) is 37.8 Å². The molecule has 3 aliphatic heterocycles. The second-order valence-electron chi connectivity index (χ2n) is 9.88. The molecule has 1 fully saturated rings. The van der Waals surface area contributed by atoms with E-state index < -0.39 is 17.2 Å². The maximum Gasteiger partial charge on any atom is 0.256 e. The van der Waals surface area contributed by atoms with E-state index in [1.807, 2.05) is 23.2 Å². The number of nitrogens with zero attached hydrogens (tertiary/aromatic N) is 2. The van der Waals surface area contributed by atoms with E-state index in [2.05, 4.69) is 22.8 Å². The van der Waals surface area contributed by atoms with Crippen LogP contribution in [0.4, 0.5) is 0 Å². The number of ketones is 2. The molecule has 0 saturated carbocycles. The molecule has 1 amide bonds. The van der Waals surface area contributed by atoms with Gasteiger partial charge in [-0.1, -0.05) is 42.5 Å². The Morgan fingerprint density at radius 2 is 1.74 bits per heavy atom. The number of carbonyl (C=O) groups excluding carboxylic acids is 3. The molecule has 0 radical (unpaired) electrons. The summed E-state index contributed by atoms with van der Waals surface area (Å²) in [5.41, 5.74) is 3.98. The zero-order valence-electron chi connectivity index (χ0n) is 19.2. The summed E-state index contributed by atoms with van der Waals surface area (Å²) in [5, 5.41) is 1.05. The highest BCUT2D eigenvalue weighted by Gasteiger charge is 2.46. The zero-order valence-corrected chi connectivity index (χ0v) is 20.0. The van der Waals surface area contributed by atoms with E-state index in [-0.39, 0.29) is 5.91 Å². The standard InChI is InChI=1S/C28H24N2O4S/c31-23-19-7-1-2-8-20(19)25-26(24(23)32)35-16-28(34-25)10-13-29(14-11-28)27(33)21-15-30-12-4-6-17-5-3-9-18(21)22(17)30/h1-3,5,7-9,15H,4,6,10-14,16H2. The number of hydrogen-bond donors (Lipinski definition) is 0. The number of piperidine rings is 1. The highest BCUT2D eigenvalue weighted by atomic mass is 32.2. The summed E-state index contributed by atoms with van der Waals surface area (Å²) in [6.45, 7) is 2.15. The molecule has 6 nitrogen and oxygen atoms in total. The largest absolute Gasteiger partial charge is 0.484 e. The van der Waals surface area contributed by atoms with E-state index >= 15 is 0 Å². The van der Waals surface area contributed by atoms with E-state index in [1.165, 1.54) is 22.8 Å².